The summed E-state index contributed by atoms with van der Waals surface area (Å²) in [5.74, 6) is 1.92. The maximum absolute atomic E-state index is 7.02. The summed E-state index contributed by atoms with van der Waals surface area (Å²) in [5, 5.41) is 3.98. The molecule has 0 unspecified atom stereocenters. The molecular weight excluding hydrogens is 454 g/mol. The molecule has 0 aromatic heterocycles. The van der Waals surface area contributed by atoms with Gasteiger partial charge in [0, 0.05) is 18.5 Å². The Bertz CT molecular complexity index is 1080. The molecule has 2 aromatic carbocycles. The van der Waals surface area contributed by atoms with Crippen LogP contribution in [0.4, 0.5) is 0 Å². The van der Waals surface area contributed by atoms with Gasteiger partial charge in [-0.05, 0) is 65.4 Å². The van der Waals surface area contributed by atoms with Crippen molar-refractivity contribution in [2.24, 2.45) is 5.92 Å². The van der Waals surface area contributed by atoms with Gasteiger partial charge in [0.1, 0.15) is 0 Å². The van der Waals surface area contributed by atoms with Crippen molar-refractivity contribution in [3.63, 3.8) is 0 Å². The molecule has 5 rings (SSSR count). The zero-order valence-corrected chi connectivity index (χ0v) is 22.7. The number of hydrogen-bond acceptors (Lipinski definition) is 5. The van der Waals surface area contributed by atoms with Gasteiger partial charge in [-0.15, -0.1) is 0 Å². The van der Waals surface area contributed by atoms with E-state index in [2.05, 4.69) is 82.2 Å². The van der Waals surface area contributed by atoms with Crippen LogP contribution in [0.15, 0.2) is 49.0 Å². The Morgan fingerprint density at radius 2 is 1.74 bits per heavy atom. The summed E-state index contributed by atoms with van der Waals surface area (Å²) in [5.41, 5.74) is 4.75. The van der Waals surface area contributed by atoms with Crippen molar-refractivity contribution in [2.75, 3.05) is 6.79 Å². The van der Waals surface area contributed by atoms with Crippen LogP contribution in [-0.2, 0) is 22.3 Å². The quantitative estimate of drug-likeness (QED) is 0.496. The minimum atomic E-state index is -1.97. The molecular formula is C29H39NO4Si. The lowest BCUT2D eigenvalue weighted by Gasteiger charge is -2.46. The first-order chi connectivity index (χ1) is 16.6. The molecule has 3 aliphatic rings. The second kappa shape index (κ2) is 9.39. The summed E-state index contributed by atoms with van der Waals surface area (Å²) in [6.07, 6.45) is 1.87. The molecule has 1 aliphatic carbocycles. The van der Waals surface area contributed by atoms with Crippen LogP contribution in [0.1, 0.15) is 50.3 Å². The van der Waals surface area contributed by atoms with Crippen molar-refractivity contribution in [1.82, 2.24) is 5.32 Å². The lowest BCUT2D eigenvalue weighted by atomic mass is 9.76. The molecule has 0 spiro atoms. The van der Waals surface area contributed by atoms with Crippen molar-refractivity contribution < 1.29 is 18.6 Å². The highest BCUT2D eigenvalue weighted by Crippen LogP contribution is 2.46. The molecule has 1 N–H and O–H groups in total. The number of hydrogen-bond donors (Lipinski definition) is 1. The monoisotopic (exact) mass is 493 g/mol. The molecule has 6 heteroatoms. The molecule has 188 valence electrons. The van der Waals surface area contributed by atoms with Crippen LogP contribution >= 0.6 is 0 Å². The van der Waals surface area contributed by atoms with Crippen LogP contribution in [0.25, 0.3) is 5.57 Å². The van der Waals surface area contributed by atoms with Gasteiger partial charge >= 0.3 is 0 Å². The SMILES string of the molecule is C=C1c2cc3c(cc2CN[C@H]2C[C@H](O[Si](C)(C)C(C)(C)C)[C@H](OCc4ccccc4)C[C@@H]12)OCO3. The molecule has 2 aliphatic heterocycles. The van der Waals surface area contributed by atoms with Gasteiger partial charge in [0.05, 0.1) is 18.8 Å². The normalized spacial score (nSPS) is 26.1. The molecule has 35 heavy (non-hydrogen) atoms. The Labute approximate surface area is 210 Å². The maximum atomic E-state index is 7.02. The lowest BCUT2D eigenvalue weighted by molar-refractivity contribution is -0.0742. The van der Waals surface area contributed by atoms with E-state index in [1.807, 2.05) is 6.07 Å². The molecule has 0 radical (unpaired) electrons. The van der Waals surface area contributed by atoms with E-state index in [0.29, 0.717) is 6.61 Å². The molecule has 0 saturated heterocycles. The molecule has 0 amide bonds. The van der Waals surface area contributed by atoms with Gasteiger partial charge in [-0.1, -0.05) is 57.7 Å². The fourth-order valence-electron chi connectivity index (χ4n) is 5.25. The molecule has 0 bridgehead atoms. The van der Waals surface area contributed by atoms with E-state index in [4.69, 9.17) is 18.6 Å². The topological polar surface area (TPSA) is 49.0 Å². The summed E-state index contributed by atoms with van der Waals surface area (Å²) < 4.78 is 25.0. The van der Waals surface area contributed by atoms with Gasteiger partial charge in [-0.2, -0.15) is 0 Å². The van der Waals surface area contributed by atoms with Crippen molar-refractivity contribution in [1.29, 1.82) is 0 Å². The van der Waals surface area contributed by atoms with E-state index in [0.717, 1.165) is 36.5 Å². The Hall–Kier alpha value is -2.12. The van der Waals surface area contributed by atoms with Crippen molar-refractivity contribution in [3.05, 3.63) is 65.7 Å². The van der Waals surface area contributed by atoms with E-state index in [1.165, 1.54) is 16.7 Å². The number of ether oxygens (including phenoxy) is 3. The second-order valence-electron chi connectivity index (χ2n) is 11.7. The standard InChI is InChI=1S/C29H39NO4Si/c1-19-22-13-26-25(32-18-33-26)12-21(22)16-30-24-15-28(34-35(5,6)29(2,3)4)27(14-23(19)24)31-17-20-10-8-7-9-11-20/h7-13,23-24,27-28,30H,1,14-18H2,2-6H3/t23-,24-,27+,28-/m0/s1. The fraction of sp³-hybridized carbons (Fsp3) is 0.517. The number of fused-ring (bicyclic) bond motifs is 3. The number of benzene rings is 2. The average molecular weight is 494 g/mol. The van der Waals surface area contributed by atoms with Crippen LogP contribution in [0.2, 0.25) is 18.1 Å². The summed E-state index contributed by atoms with van der Waals surface area (Å²) in [7, 11) is -1.97. The van der Waals surface area contributed by atoms with E-state index in [9.17, 15) is 0 Å². The second-order valence-corrected chi connectivity index (χ2v) is 16.5. The first-order valence-electron chi connectivity index (χ1n) is 12.8. The summed E-state index contributed by atoms with van der Waals surface area (Å²) in [6.45, 7) is 17.8. The Morgan fingerprint density at radius 3 is 2.46 bits per heavy atom. The highest BCUT2D eigenvalue weighted by molar-refractivity contribution is 6.74. The zero-order chi connectivity index (χ0) is 24.8. The van der Waals surface area contributed by atoms with Crippen molar-refractivity contribution in [2.45, 2.75) is 83.1 Å². The Kier molecular flexibility index (Phi) is 6.59. The smallest absolute Gasteiger partial charge is 0.231 e. The third-order valence-corrected chi connectivity index (χ3v) is 12.9. The third kappa shape index (κ3) is 4.94. The van der Waals surface area contributed by atoms with E-state index >= 15 is 0 Å². The van der Waals surface area contributed by atoms with Gasteiger partial charge in [-0.25, -0.2) is 0 Å². The van der Waals surface area contributed by atoms with Crippen molar-refractivity contribution in [3.8, 4) is 11.5 Å². The van der Waals surface area contributed by atoms with Gasteiger partial charge in [-0.3, -0.25) is 0 Å². The number of rotatable bonds is 5. The molecule has 1 saturated carbocycles. The molecule has 4 atom stereocenters. The molecule has 5 nitrogen and oxygen atoms in total. The average Bonchev–Trinajstić information content (AvgIpc) is 3.23. The molecule has 2 aromatic rings. The first-order valence-corrected chi connectivity index (χ1v) is 15.7. The summed E-state index contributed by atoms with van der Waals surface area (Å²) >= 11 is 0. The predicted octanol–water partition coefficient (Wildman–Crippen LogP) is 6.29. The van der Waals surface area contributed by atoms with Crippen LogP contribution in [0.3, 0.4) is 0 Å². The Morgan fingerprint density at radius 1 is 1.03 bits per heavy atom. The zero-order valence-electron chi connectivity index (χ0n) is 21.7. The largest absolute Gasteiger partial charge is 0.454 e. The maximum Gasteiger partial charge on any atom is 0.231 e. The minimum absolute atomic E-state index is 0.0136. The summed E-state index contributed by atoms with van der Waals surface area (Å²) in [4.78, 5) is 0. The summed E-state index contributed by atoms with van der Waals surface area (Å²) in [6, 6.07) is 14.9. The van der Waals surface area contributed by atoms with E-state index < -0.39 is 8.32 Å². The van der Waals surface area contributed by atoms with Gasteiger partial charge < -0.3 is 24.0 Å². The van der Waals surface area contributed by atoms with Crippen LogP contribution in [0, 0.1) is 5.92 Å². The van der Waals surface area contributed by atoms with E-state index in [-0.39, 0.29) is 36.0 Å². The minimum Gasteiger partial charge on any atom is -0.454 e. The lowest BCUT2D eigenvalue weighted by Crippen LogP contribution is -2.54. The van der Waals surface area contributed by atoms with Crippen molar-refractivity contribution >= 4 is 13.9 Å². The van der Waals surface area contributed by atoms with Gasteiger partial charge in [0.15, 0.2) is 19.8 Å². The van der Waals surface area contributed by atoms with E-state index in [1.54, 1.807) is 0 Å². The Balaban J connectivity index is 1.41. The fourth-order valence-corrected chi connectivity index (χ4v) is 6.60. The van der Waals surface area contributed by atoms with Crippen LogP contribution < -0.4 is 14.8 Å². The predicted molar refractivity (Wildman–Crippen MR) is 142 cm³/mol. The van der Waals surface area contributed by atoms with Gasteiger partial charge in [0.2, 0.25) is 6.79 Å². The molecule has 2 heterocycles. The van der Waals surface area contributed by atoms with Crippen LogP contribution in [0.5, 0.6) is 11.5 Å². The highest BCUT2D eigenvalue weighted by atomic mass is 28.4. The first kappa shape index (κ1) is 24.6. The van der Waals surface area contributed by atoms with Gasteiger partial charge in [0.25, 0.3) is 0 Å². The molecule has 1 fully saturated rings. The number of nitrogens with one attached hydrogen (secondary N) is 1. The highest BCUT2D eigenvalue weighted by Gasteiger charge is 2.46. The third-order valence-electron chi connectivity index (χ3n) is 8.38. The van der Waals surface area contributed by atoms with Crippen LogP contribution in [-0.4, -0.2) is 33.4 Å².